The van der Waals surface area contributed by atoms with Crippen molar-refractivity contribution in [3.05, 3.63) is 34.9 Å². The van der Waals surface area contributed by atoms with Crippen LogP contribution in [0.15, 0.2) is 24.3 Å². The average molecular weight is 282 g/mol. The molecule has 4 nitrogen and oxygen atoms in total. The number of hydrogen-bond donors (Lipinski definition) is 3. The van der Waals surface area contributed by atoms with Crippen LogP contribution in [-0.2, 0) is 0 Å². The van der Waals surface area contributed by atoms with Gasteiger partial charge in [0, 0.05) is 16.7 Å². The molecule has 0 aromatic heterocycles. The molecule has 2 rings (SSSR count). The third-order valence-corrected chi connectivity index (χ3v) is 2.60. The lowest BCUT2D eigenvalue weighted by molar-refractivity contribution is -0.311. The van der Waals surface area contributed by atoms with Gasteiger partial charge in [-0.1, -0.05) is 11.6 Å². The predicted molar refractivity (Wildman–Crippen MR) is 56.0 cm³/mol. The van der Waals surface area contributed by atoms with Gasteiger partial charge in [-0.2, -0.15) is 13.2 Å². The van der Waals surface area contributed by atoms with Crippen LogP contribution >= 0.6 is 11.6 Å². The van der Waals surface area contributed by atoms with E-state index in [9.17, 15) is 18.3 Å². The number of fused-ring (bicyclic) bond motifs is 1. The second-order valence-electron chi connectivity index (χ2n) is 3.61. The molecule has 98 valence electrons. The Bertz CT molecular complexity index is 518. The van der Waals surface area contributed by atoms with Gasteiger partial charge in [-0.3, -0.25) is 10.7 Å². The van der Waals surface area contributed by atoms with Crippen LogP contribution in [0.5, 0.6) is 5.75 Å². The lowest BCUT2D eigenvalue weighted by Gasteiger charge is -2.33. The van der Waals surface area contributed by atoms with Gasteiger partial charge >= 0.3 is 12.0 Å². The van der Waals surface area contributed by atoms with Crippen molar-refractivity contribution in [2.45, 2.75) is 12.0 Å². The molecule has 0 saturated heterocycles. The number of benzene rings is 1. The maximum absolute atomic E-state index is 12.7. The smallest absolute Gasteiger partial charge is 0.450 e. The molecule has 0 aliphatic carbocycles. The van der Waals surface area contributed by atoms with Gasteiger partial charge in [0.05, 0.1) is 5.70 Å². The number of alkyl halides is 3. The van der Waals surface area contributed by atoms with Crippen LogP contribution in [0.1, 0.15) is 5.56 Å². The topological polar surface area (TPSA) is 61.7 Å². The highest BCUT2D eigenvalue weighted by atomic mass is 35.5. The zero-order valence-electron chi connectivity index (χ0n) is 8.62. The van der Waals surface area contributed by atoms with E-state index in [-0.39, 0.29) is 22.0 Å². The fraction of sp³-hybridized carbons (Fsp3) is 0.200. The Labute approximate surface area is 104 Å². The van der Waals surface area contributed by atoms with E-state index in [1.54, 1.807) is 5.48 Å². The Kier molecular flexibility index (Phi) is 2.92. The molecule has 1 aromatic carbocycles. The van der Waals surface area contributed by atoms with Crippen molar-refractivity contribution in [2.75, 3.05) is 0 Å². The summed E-state index contributed by atoms with van der Waals surface area (Å²) in [5.74, 6) is -3.75. The van der Waals surface area contributed by atoms with Crippen LogP contribution in [0.25, 0.3) is 5.70 Å². The quantitative estimate of drug-likeness (QED) is 0.691. The van der Waals surface area contributed by atoms with E-state index in [0.29, 0.717) is 6.08 Å². The van der Waals surface area contributed by atoms with Gasteiger partial charge in [-0.25, -0.2) is 0 Å². The van der Waals surface area contributed by atoms with E-state index in [4.69, 9.17) is 16.8 Å². The van der Waals surface area contributed by atoms with Crippen molar-refractivity contribution in [3.63, 3.8) is 0 Å². The minimum Gasteiger partial charge on any atom is -0.450 e. The molecule has 0 bridgehead atoms. The van der Waals surface area contributed by atoms with Gasteiger partial charge in [0.1, 0.15) is 5.75 Å². The monoisotopic (exact) mass is 281 g/mol. The molecule has 0 fully saturated rings. The molecule has 1 heterocycles. The molecule has 1 aromatic rings. The molecule has 18 heavy (non-hydrogen) atoms. The number of aliphatic hydroxyl groups is 1. The van der Waals surface area contributed by atoms with E-state index in [1.165, 1.54) is 18.2 Å². The third-order valence-electron chi connectivity index (χ3n) is 2.36. The average Bonchev–Trinajstić information content (AvgIpc) is 2.27. The first-order chi connectivity index (χ1) is 8.27. The molecule has 0 amide bonds. The van der Waals surface area contributed by atoms with Crippen molar-refractivity contribution in [1.29, 1.82) is 0 Å². The highest BCUT2D eigenvalue weighted by Crippen LogP contribution is 2.42. The number of halogens is 4. The van der Waals surface area contributed by atoms with E-state index in [2.05, 4.69) is 4.74 Å². The Hall–Kier alpha value is -1.44. The molecule has 0 spiro atoms. The third kappa shape index (κ3) is 2.00. The summed E-state index contributed by atoms with van der Waals surface area (Å²) < 4.78 is 42.5. The Morgan fingerprint density at radius 1 is 1.33 bits per heavy atom. The SMILES string of the molecule is ONC1=C[C@@](O)(C(F)(F)F)Oc2ccc(Cl)cc21. The van der Waals surface area contributed by atoms with Gasteiger partial charge in [0.25, 0.3) is 0 Å². The Morgan fingerprint density at radius 3 is 2.56 bits per heavy atom. The molecule has 1 aliphatic rings. The minimum atomic E-state index is -5.05. The summed E-state index contributed by atoms with van der Waals surface area (Å²) in [4.78, 5) is 0. The van der Waals surface area contributed by atoms with Gasteiger partial charge in [0.2, 0.25) is 0 Å². The zero-order chi connectivity index (χ0) is 13.6. The van der Waals surface area contributed by atoms with Gasteiger partial charge in [0.15, 0.2) is 0 Å². The van der Waals surface area contributed by atoms with Gasteiger partial charge in [-0.05, 0) is 18.2 Å². The summed E-state index contributed by atoms with van der Waals surface area (Å²) in [6.45, 7) is 0. The molecule has 0 saturated carbocycles. The summed E-state index contributed by atoms with van der Waals surface area (Å²) in [5.41, 5.74) is 1.34. The molecular weight excluding hydrogens is 275 g/mol. The first-order valence-corrected chi connectivity index (χ1v) is 5.05. The second kappa shape index (κ2) is 4.04. The van der Waals surface area contributed by atoms with E-state index in [1.807, 2.05) is 0 Å². The number of hydroxylamine groups is 1. The van der Waals surface area contributed by atoms with E-state index < -0.39 is 12.0 Å². The zero-order valence-corrected chi connectivity index (χ0v) is 9.38. The molecule has 0 radical (unpaired) electrons. The molecule has 3 N–H and O–H groups in total. The second-order valence-corrected chi connectivity index (χ2v) is 4.04. The molecule has 8 heteroatoms. The normalized spacial score (nSPS) is 22.9. The molecule has 0 unspecified atom stereocenters. The standard InChI is InChI=1S/C10H7ClF3NO3/c11-5-1-2-8-6(3-5)7(15-17)4-9(16,18-8)10(12,13)14/h1-4,15-17H/t9-/m0/s1. The summed E-state index contributed by atoms with van der Waals surface area (Å²) >= 11 is 5.68. The van der Waals surface area contributed by atoms with Crippen LogP contribution < -0.4 is 10.2 Å². The van der Waals surface area contributed by atoms with E-state index >= 15 is 0 Å². The fourth-order valence-corrected chi connectivity index (χ4v) is 1.68. The van der Waals surface area contributed by atoms with Gasteiger partial charge < -0.3 is 9.84 Å². The Morgan fingerprint density at radius 2 is 2.00 bits per heavy atom. The van der Waals surface area contributed by atoms with Gasteiger partial charge in [-0.15, -0.1) is 0 Å². The summed E-state index contributed by atoms with van der Waals surface area (Å²) in [7, 11) is 0. The number of rotatable bonds is 1. The van der Waals surface area contributed by atoms with E-state index in [0.717, 1.165) is 0 Å². The minimum absolute atomic E-state index is 0.110. The highest BCUT2D eigenvalue weighted by molar-refractivity contribution is 6.30. The number of nitrogens with one attached hydrogen (secondary N) is 1. The number of ether oxygens (including phenoxy) is 1. The van der Waals surface area contributed by atoms with Crippen molar-refractivity contribution in [2.24, 2.45) is 0 Å². The highest BCUT2D eigenvalue weighted by Gasteiger charge is 2.57. The first kappa shape index (κ1) is 13.0. The largest absolute Gasteiger partial charge is 0.459 e. The van der Waals surface area contributed by atoms with Crippen molar-refractivity contribution in [3.8, 4) is 5.75 Å². The summed E-state index contributed by atoms with van der Waals surface area (Å²) in [5, 5.41) is 18.5. The first-order valence-electron chi connectivity index (χ1n) is 4.68. The van der Waals surface area contributed by atoms with Crippen molar-refractivity contribution < 1.29 is 28.2 Å². The lowest BCUT2D eigenvalue weighted by Crippen LogP contribution is -2.50. The lowest BCUT2D eigenvalue weighted by atomic mass is 10.0. The molecular formula is C10H7ClF3NO3. The number of hydrogen-bond acceptors (Lipinski definition) is 4. The summed E-state index contributed by atoms with van der Waals surface area (Å²) in [6, 6.07) is 3.76. The van der Waals surface area contributed by atoms with Crippen LogP contribution in [0.3, 0.4) is 0 Å². The predicted octanol–water partition coefficient (Wildman–Crippen LogP) is 2.30. The van der Waals surface area contributed by atoms with Crippen molar-refractivity contribution in [1.82, 2.24) is 5.48 Å². The molecule has 1 atom stereocenters. The van der Waals surface area contributed by atoms with Crippen LogP contribution in [0.4, 0.5) is 13.2 Å². The van der Waals surface area contributed by atoms with Crippen LogP contribution in [-0.4, -0.2) is 22.3 Å². The van der Waals surface area contributed by atoms with Crippen molar-refractivity contribution >= 4 is 17.3 Å². The Balaban J connectivity index is 2.57. The summed E-state index contributed by atoms with van der Waals surface area (Å²) in [6.07, 6.45) is -4.72. The maximum Gasteiger partial charge on any atom is 0.459 e. The maximum atomic E-state index is 12.7. The fourth-order valence-electron chi connectivity index (χ4n) is 1.50. The van der Waals surface area contributed by atoms with Crippen LogP contribution in [0.2, 0.25) is 5.02 Å². The molecule has 1 aliphatic heterocycles. The van der Waals surface area contributed by atoms with Crippen LogP contribution in [0, 0.1) is 0 Å².